The molecule has 0 N–H and O–H groups in total. The Kier molecular flexibility index (Phi) is 2.58. The highest BCUT2D eigenvalue weighted by Crippen LogP contribution is 2.09. The molecule has 0 radical (unpaired) electrons. The summed E-state index contributed by atoms with van der Waals surface area (Å²) in [5.74, 6) is 0.160. The van der Waals surface area contributed by atoms with E-state index in [4.69, 9.17) is 0 Å². The lowest BCUT2D eigenvalue weighted by atomic mass is 10.0. The Labute approximate surface area is 70.9 Å². The number of rotatable bonds is 3. The molecule has 0 saturated heterocycles. The van der Waals surface area contributed by atoms with Crippen LogP contribution in [0.3, 0.4) is 0 Å². The molecular formula is C8H12N2O2. The van der Waals surface area contributed by atoms with Crippen molar-refractivity contribution in [2.75, 3.05) is 0 Å². The van der Waals surface area contributed by atoms with Crippen molar-refractivity contribution in [1.29, 1.82) is 0 Å². The summed E-state index contributed by atoms with van der Waals surface area (Å²) in [4.78, 5) is 10.9. The van der Waals surface area contributed by atoms with Gasteiger partial charge in [-0.15, -0.1) is 0 Å². The molecule has 4 heteroatoms. The molecule has 66 valence electrons. The lowest BCUT2D eigenvalue weighted by Gasteiger charge is -2.02. The zero-order valence-corrected chi connectivity index (χ0v) is 7.50. The predicted octanol–water partition coefficient (Wildman–Crippen LogP) is 1.15. The summed E-state index contributed by atoms with van der Waals surface area (Å²) in [5, 5.41) is 7.33. The van der Waals surface area contributed by atoms with Crippen LogP contribution in [0.1, 0.15) is 25.2 Å². The fourth-order valence-electron chi connectivity index (χ4n) is 0.868. The van der Waals surface area contributed by atoms with Crippen molar-refractivity contribution in [1.82, 2.24) is 10.3 Å². The van der Waals surface area contributed by atoms with Crippen LogP contribution in [0.15, 0.2) is 4.63 Å². The SMILES string of the molecule is CC(=O)C(C)Cc1nonc1C. The first-order valence-corrected chi connectivity index (χ1v) is 3.89. The van der Waals surface area contributed by atoms with E-state index >= 15 is 0 Å². The van der Waals surface area contributed by atoms with Gasteiger partial charge in [0.25, 0.3) is 0 Å². The van der Waals surface area contributed by atoms with Gasteiger partial charge in [0, 0.05) is 12.3 Å². The Balaban J connectivity index is 2.64. The van der Waals surface area contributed by atoms with Gasteiger partial charge >= 0.3 is 0 Å². The van der Waals surface area contributed by atoms with Crippen LogP contribution in [0.4, 0.5) is 0 Å². The molecular weight excluding hydrogens is 156 g/mol. The first-order chi connectivity index (χ1) is 5.61. The minimum Gasteiger partial charge on any atom is -0.300 e. The molecule has 4 nitrogen and oxygen atoms in total. The van der Waals surface area contributed by atoms with Crippen LogP contribution in [-0.4, -0.2) is 16.1 Å². The van der Waals surface area contributed by atoms with Gasteiger partial charge < -0.3 is 0 Å². The molecule has 0 fully saturated rings. The molecule has 1 aromatic heterocycles. The van der Waals surface area contributed by atoms with Crippen LogP contribution in [0.5, 0.6) is 0 Å². The number of hydrogen-bond donors (Lipinski definition) is 0. The van der Waals surface area contributed by atoms with Gasteiger partial charge in [-0.25, -0.2) is 4.63 Å². The first-order valence-electron chi connectivity index (χ1n) is 3.89. The van der Waals surface area contributed by atoms with E-state index in [0.29, 0.717) is 6.42 Å². The zero-order valence-electron chi connectivity index (χ0n) is 7.50. The molecule has 0 aliphatic rings. The van der Waals surface area contributed by atoms with Gasteiger partial charge in [-0.1, -0.05) is 17.2 Å². The minimum absolute atomic E-state index is 0.00407. The van der Waals surface area contributed by atoms with Crippen LogP contribution >= 0.6 is 0 Å². The summed E-state index contributed by atoms with van der Waals surface area (Å²) in [7, 11) is 0. The second-order valence-corrected chi connectivity index (χ2v) is 3.01. The van der Waals surface area contributed by atoms with E-state index in [0.717, 1.165) is 11.4 Å². The molecule has 0 aliphatic heterocycles. The topological polar surface area (TPSA) is 56.0 Å². The van der Waals surface area contributed by atoms with Crippen molar-refractivity contribution in [2.45, 2.75) is 27.2 Å². The van der Waals surface area contributed by atoms with Gasteiger partial charge in [0.2, 0.25) is 0 Å². The lowest BCUT2D eigenvalue weighted by molar-refractivity contribution is -0.120. The molecule has 1 atom stereocenters. The summed E-state index contributed by atoms with van der Waals surface area (Å²) in [6, 6.07) is 0. The number of aryl methyl sites for hydroxylation is 1. The monoisotopic (exact) mass is 168 g/mol. The van der Waals surface area contributed by atoms with Crippen LogP contribution in [0.25, 0.3) is 0 Å². The predicted molar refractivity (Wildman–Crippen MR) is 42.6 cm³/mol. The number of aromatic nitrogens is 2. The third-order valence-electron chi connectivity index (χ3n) is 1.94. The highest BCUT2D eigenvalue weighted by molar-refractivity contribution is 5.78. The van der Waals surface area contributed by atoms with Gasteiger partial charge in [-0.05, 0) is 13.8 Å². The van der Waals surface area contributed by atoms with Gasteiger partial charge in [-0.3, -0.25) is 4.79 Å². The molecule has 0 spiro atoms. The van der Waals surface area contributed by atoms with Crippen molar-refractivity contribution in [2.24, 2.45) is 5.92 Å². The second-order valence-electron chi connectivity index (χ2n) is 3.01. The zero-order chi connectivity index (χ0) is 9.14. The molecule has 1 unspecified atom stereocenters. The molecule has 0 aromatic carbocycles. The smallest absolute Gasteiger partial charge is 0.133 e. The fraction of sp³-hybridized carbons (Fsp3) is 0.625. The largest absolute Gasteiger partial charge is 0.300 e. The quantitative estimate of drug-likeness (QED) is 0.679. The number of carbonyl (C=O) groups is 1. The van der Waals surface area contributed by atoms with Gasteiger partial charge in [0.05, 0.1) is 0 Å². The van der Waals surface area contributed by atoms with Crippen molar-refractivity contribution < 1.29 is 9.42 Å². The Morgan fingerprint density at radius 3 is 2.67 bits per heavy atom. The summed E-state index contributed by atoms with van der Waals surface area (Å²) in [6.07, 6.45) is 0.616. The summed E-state index contributed by atoms with van der Waals surface area (Å²) in [6.45, 7) is 5.27. The summed E-state index contributed by atoms with van der Waals surface area (Å²) >= 11 is 0. The van der Waals surface area contributed by atoms with Crippen LogP contribution in [0.2, 0.25) is 0 Å². The van der Waals surface area contributed by atoms with Crippen LogP contribution in [0, 0.1) is 12.8 Å². The van der Waals surface area contributed by atoms with E-state index < -0.39 is 0 Å². The third kappa shape index (κ3) is 1.90. The van der Waals surface area contributed by atoms with Gasteiger partial charge in [-0.2, -0.15) is 0 Å². The maximum Gasteiger partial charge on any atom is 0.133 e. The molecule has 0 bridgehead atoms. The molecule has 0 aliphatic carbocycles. The first kappa shape index (κ1) is 8.90. The average Bonchev–Trinajstić information content (AvgIpc) is 2.36. The molecule has 12 heavy (non-hydrogen) atoms. The maximum absolute atomic E-state index is 10.9. The van der Waals surface area contributed by atoms with Gasteiger partial charge in [0.1, 0.15) is 17.2 Å². The minimum atomic E-state index is -0.00407. The number of ketones is 1. The highest BCUT2D eigenvalue weighted by Gasteiger charge is 2.13. The van der Waals surface area contributed by atoms with E-state index in [-0.39, 0.29) is 11.7 Å². The summed E-state index contributed by atoms with van der Waals surface area (Å²) in [5.41, 5.74) is 1.54. The van der Waals surface area contributed by atoms with E-state index in [9.17, 15) is 4.79 Å². The maximum atomic E-state index is 10.9. The average molecular weight is 168 g/mol. The molecule has 1 rings (SSSR count). The lowest BCUT2D eigenvalue weighted by Crippen LogP contribution is -2.10. The Hall–Kier alpha value is -1.19. The Bertz CT molecular complexity index is 280. The van der Waals surface area contributed by atoms with E-state index in [1.165, 1.54) is 0 Å². The van der Waals surface area contributed by atoms with Crippen molar-refractivity contribution in [3.63, 3.8) is 0 Å². The fourth-order valence-corrected chi connectivity index (χ4v) is 0.868. The molecule has 0 saturated carbocycles. The van der Waals surface area contributed by atoms with Crippen LogP contribution in [-0.2, 0) is 11.2 Å². The van der Waals surface area contributed by atoms with E-state index in [1.54, 1.807) is 6.92 Å². The number of hydrogen-bond acceptors (Lipinski definition) is 4. The van der Waals surface area contributed by atoms with E-state index in [1.807, 2.05) is 13.8 Å². The normalized spacial score (nSPS) is 12.9. The van der Waals surface area contributed by atoms with Crippen LogP contribution < -0.4 is 0 Å². The Morgan fingerprint density at radius 2 is 2.25 bits per heavy atom. The van der Waals surface area contributed by atoms with Crippen molar-refractivity contribution in [3.05, 3.63) is 11.4 Å². The molecule has 1 aromatic rings. The number of Topliss-reactive ketones (excluding diaryl/α,β-unsaturated/α-hetero) is 1. The Morgan fingerprint density at radius 1 is 1.58 bits per heavy atom. The third-order valence-corrected chi connectivity index (χ3v) is 1.94. The van der Waals surface area contributed by atoms with Crippen molar-refractivity contribution in [3.8, 4) is 0 Å². The van der Waals surface area contributed by atoms with Crippen molar-refractivity contribution >= 4 is 5.78 Å². The van der Waals surface area contributed by atoms with Gasteiger partial charge in [0.15, 0.2) is 0 Å². The number of carbonyl (C=O) groups excluding carboxylic acids is 1. The van der Waals surface area contributed by atoms with E-state index in [2.05, 4.69) is 14.9 Å². The molecule has 1 heterocycles. The standard InChI is InChI=1S/C8H12N2O2/c1-5(7(3)11)4-8-6(2)9-12-10-8/h5H,4H2,1-3H3. The second kappa shape index (κ2) is 3.47. The molecule has 0 amide bonds. The summed E-state index contributed by atoms with van der Waals surface area (Å²) < 4.78 is 4.51. The number of nitrogens with zero attached hydrogens (tertiary/aromatic N) is 2. The highest BCUT2D eigenvalue weighted by atomic mass is 16.6.